The molecule has 0 amide bonds. The first-order chi connectivity index (χ1) is 10.3. The number of hydrogen-bond acceptors (Lipinski definition) is 2. The van der Waals surface area contributed by atoms with Crippen molar-refractivity contribution in [1.29, 1.82) is 0 Å². The lowest BCUT2D eigenvalue weighted by atomic mass is 9.77. The third-order valence-corrected chi connectivity index (χ3v) is 4.30. The maximum absolute atomic E-state index is 13.6. The van der Waals surface area contributed by atoms with Crippen LogP contribution in [-0.2, 0) is 0 Å². The van der Waals surface area contributed by atoms with Crippen LogP contribution >= 0.6 is 0 Å². The van der Waals surface area contributed by atoms with Crippen LogP contribution in [0.25, 0.3) is 0 Å². The van der Waals surface area contributed by atoms with Crippen LogP contribution in [0.1, 0.15) is 29.4 Å². The molecule has 110 valence electrons. The second-order valence-electron chi connectivity index (χ2n) is 5.50. The molecular formula is C18H20FNO. The molecule has 2 aromatic rings. The molecule has 1 heterocycles. The van der Waals surface area contributed by atoms with Crippen molar-refractivity contribution in [3.8, 4) is 5.75 Å². The number of ether oxygens (including phenoxy) is 1. The molecule has 1 aliphatic rings. The van der Waals surface area contributed by atoms with Gasteiger partial charge in [0.1, 0.15) is 11.6 Å². The van der Waals surface area contributed by atoms with E-state index in [9.17, 15) is 4.39 Å². The SMILES string of the molecule is COc1ccccc1C1CCNCC1c1cccc(F)c1. The Balaban J connectivity index is 1.98. The van der Waals surface area contributed by atoms with Crippen LogP contribution in [0.2, 0.25) is 0 Å². The Labute approximate surface area is 125 Å². The van der Waals surface area contributed by atoms with Crippen molar-refractivity contribution >= 4 is 0 Å². The number of para-hydroxylation sites is 1. The van der Waals surface area contributed by atoms with Crippen LogP contribution in [0.4, 0.5) is 4.39 Å². The third-order valence-electron chi connectivity index (χ3n) is 4.30. The molecule has 1 aliphatic heterocycles. The van der Waals surface area contributed by atoms with Crippen LogP contribution < -0.4 is 10.1 Å². The smallest absolute Gasteiger partial charge is 0.123 e. The fourth-order valence-corrected chi connectivity index (χ4v) is 3.29. The first kappa shape index (κ1) is 14.1. The van der Waals surface area contributed by atoms with E-state index in [-0.39, 0.29) is 11.7 Å². The summed E-state index contributed by atoms with van der Waals surface area (Å²) in [5.41, 5.74) is 2.27. The van der Waals surface area contributed by atoms with E-state index < -0.39 is 0 Å². The Bertz CT molecular complexity index is 614. The molecule has 1 N–H and O–H groups in total. The van der Waals surface area contributed by atoms with Gasteiger partial charge in [-0.05, 0) is 48.2 Å². The Morgan fingerprint density at radius 2 is 1.95 bits per heavy atom. The molecule has 0 spiro atoms. The molecule has 3 heteroatoms. The summed E-state index contributed by atoms with van der Waals surface area (Å²) in [6.07, 6.45) is 1.03. The molecule has 0 saturated carbocycles. The Hall–Kier alpha value is -1.87. The summed E-state index contributed by atoms with van der Waals surface area (Å²) in [6, 6.07) is 15.1. The fraction of sp³-hybridized carbons (Fsp3) is 0.333. The lowest BCUT2D eigenvalue weighted by Crippen LogP contribution is -2.34. The van der Waals surface area contributed by atoms with Gasteiger partial charge in [0, 0.05) is 12.5 Å². The van der Waals surface area contributed by atoms with E-state index in [0.717, 1.165) is 30.8 Å². The van der Waals surface area contributed by atoms with E-state index in [4.69, 9.17) is 4.74 Å². The number of piperidine rings is 1. The largest absolute Gasteiger partial charge is 0.496 e. The Morgan fingerprint density at radius 3 is 2.76 bits per heavy atom. The van der Waals surface area contributed by atoms with Crippen LogP contribution in [0.3, 0.4) is 0 Å². The fourth-order valence-electron chi connectivity index (χ4n) is 3.29. The van der Waals surface area contributed by atoms with Gasteiger partial charge in [-0.1, -0.05) is 30.3 Å². The molecule has 0 aliphatic carbocycles. The first-order valence-corrected chi connectivity index (χ1v) is 7.38. The van der Waals surface area contributed by atoms with Crippen molar-refractivity contribution in [2.75, 3.05) is 20.2 Å². The van der Waals surface area contributed by atoms with Crippen molar-refractivity contribution in [3.63, 3.8) is 0 Å². The minimum atomic E-state index is -0.170. The predicted octanol–water partition coefficient (Wildman–Crippen LogP) is 3.70. The summed E-state index contributed by atoms with van der Waals surface area (Å²) in [4.78, 5) is 0. The highest BCUT2D eigenvalue weighted by Crippen LogP contribution is 2.41. The maximum Gasteiger partial charge on any atom is 0.123 e. The van der Waals surface area contributed by atoms with Gasteiger partial charge in [0.15, 0.2) is 0 Å². The molecular weight excluding hydrogens is 265 g/mol. The van der Waals surface area contributed by atoms with Crippen LogP contribution in [0.5, 0.6) is 5.75 Å². The number of hydrogen-bond donors (Lipinski definition) is 1. The van der Waals surface area contributed by atoms with Gasteiger partial charge in [-0.25, -0.2) is 4.39 Å². The highest BCUT2D eigenvalue weighted by molar-refractivity contribution is 5.39. The lowest BCUT2D eigenvalue weighted by molar-refractivity contribution is 0.371. The lowest BCUT2D eigenvalue weighted by Gasteiger charge is -2.33. The van der Waals surface area contributed by atoms with E-state index in [1.807, 2.05) is 24.3 Å². The van der Waals surface area contributed by atoms with E-state index in [0.29, 0.717) is 5.92 Å². The monoisotopic (exact) mass is 285 g/mol. The Morgan fingerprint density at radius 1 is 1.10 bits per heavy atom. The van der Waals surface area contributed by atoms with Gasteiger partial charge in [0.2, 0.25) is 0 Å². The molecule has 0 radical (unpaired) electrons. The van der Waals surface area contributed by atoms with Crippen molar-refractivity contribution in [1.82, 2.24) is 5.32 Å². The second kappa shape index (κ2) is 6.27. The van der Waals surface area contributed by atoms with Gasteiger partial charge in [-0.2, -0.15) is 0 Å². The average Bonchev–Trinajstić information content (AvgIpc) is 2.55. The van der Waals surface area contributed by atoms with Crippen LogP contribution in [0.15, 0.2) is 48.5 Å². The number of halogens is 1. The minimum Gasteiger partial charge on any atom is -0.496 e. The standard InChI is InChI=1S/C18H20FNO/c1-21-18-8-3-2-7-16(18)15-9-10-20-12-17(15)13-5-4-6-14(19)11-13/h2-8,11,15,17,20H,9-10,12H2,1H3. The quantitative estimate of drug-likeness (QED) is 0.928. The van der Waals surface area contributed by atoms with Gasteiger partial charge in [0.25, 0.3) is 0 Å². The summed E-state index contributed by atoms with van der Waals surface area (Å²) in [7, 11) is 1.71. The number of benzene rings is 2. The topological polar surface area (TPSA) is 21.3 Å². The Kier molecular flexibility index (Phi) is 4.20. The van der Waals surface area contributed by atoms with E-state index >= 15 is 0 Å². The van der Waals surface area contributed by atoms with Gasteiger partial charge in [0.05, 0.1) is 7.11 Å². The van der Waals surface area contributed by atoms with Crippen LogP contribution in [0, 0.1) is 5.82 Å². The normalized spacial score (nSPS) is 22.0. The zero-order valence-corrected chi connectivity index (χ0v) is 12.2. The summed E-state index contributed by atoms with van der Waals surface area (Å²) >= 11 is 0. The molecule has 2 unspecified atom stereocenters. The molecule has 3 rings (SSSR count). The summed E-state index contributed by atoms with van der Waals surface area (Å²) in [6.45, 7) is 1.85. The van der Waals surface area contributed by atoms with E-state index in [2.05, 4.69) is 11.4 Å². The summed E-state index contributed by atoms with van der Waals surface area (Å²) in [5.74, 6) is 1.37. The maximum atomic E-state index is 13.6. The molecule has 21 heavy (non-hydrogen) atoms. The molecule has 2 atom stereocenters. The average molecular weight is 285 g/mol. The van der Waals surface area contributed by atoms with Crippen molar-refractivity contribution in [3.05, 3.63) is 65.5 Å². The highest BCUT2D eigenvalue weighted by atomic mass is 19.1. The number of nitrogens with one attached hydrogen (secondary N) is 1. The van der Waals surface area contributed by atoms with Gasteiger partial charge in [-0.3, -0.25) is 0 Å². The molecule has 1 saturated heterocycles. The van der Waals surface area contributed by atoms with E-state index in [1.54, 1.807) is 19.2 Å². The van der Waals surface area contributed by atoms with Gasteiger partial charge in [-0.15, -0.1) is 0 Å². The zero-order chi connectivity index (χ0) is 14.7. The van der Waals surface area contributed by atoms with Crippen molar-refractivity contribution < 1.29 is 9.13 Å². The zero-order valence-electron chi connectivity index (χ0n) is 12.2. The number of rotatable bonds is 3. The minimum absolute atomic E-state index is 0.170. The molecule has 0 aromatic heterocycles. The third kappa shape index (κ3) is 2.93. The number of methoxy groups -OCH3 is 1. The van der Waals surface area contributed by atoms with Gasteiger partial charge >= 0.3 is 0 Å². The van der Waals surface area contributed by atoms with Crippen molar-refractivity contribution in [2.45, 2.75) is 18.3 Å². The summed E-state index contributed by atoms with van der Waals surface area (Å²) in [5, 5.41) is 3.43. The highest BCUT2D eigenvalue weighted by Gasteiger charge is 2.29. The second-order valence-corrected chi connectivity index (χ2v) is 5.50. The molecule has 0 bridgehead atoms. The van der Waals surface area contributed by atoms with Crippen molar-refractivity contribution in [2.24, 2.45) is 0 Å². The van der Waals surface area contributed by atoms with E-state index in [1.165, 1.54) is 11.6 Å². The first-order valence-electron chi connectivity index (χ1n) is 7.38. The van der Waals surface area contributed by atoms with Crippen LogP contribution in [-0.4, -0.2) is 20.2 Å². The molecule has 1 fully saturated rings. The van der Waals surface area contributed by atoms with Gasteiger partial charge < -0.3 is 10.1 Å². The summed E-state index contributed by atoms with van der Waals surface area (Å²) < 4.78 is 19.1. The molecule has 2 aromatic carbocycles. The predicted molar refractivity (Wildman–Crippen MR) is 82.4 cm³/mol. The molecule has 2 nitrogen and oxygen atoms in total.